The average molecular weight is 221 g/mol. The lowest BCUT2D eigenvalue weighted by atomic mass is 10.1. The third-order valence-electron chi connectivity index (χ3n) is 2.73. The number of unbranched alkanes of at least 4 members (excludes halogenated alkanes) is 8. The van der Waals surface area contributed by atoms with Crippen LogP contribution < -0.4 is 0 Å². The standard InChI is InChI=1S/C16H29/c1-3-5-7-9-11-13-15-16-14-12-10-8-6-4-2/h9,11,13,15H,1,3-8,10,12,14,16H2,2H3. The summed E-state index contributed by atoms with van der Waals surface area (Å²) in [7, 11) is 0. The van der Waals surface area contributed by atoms with Crippen molar-refractivity contribution in [2.24, 2.45) is 0 Å². The van der Waals surface area contributed by atoms with Gasteiger partial charge in [-0.25, -0.2) is 0 Å². The quantitative estimate of drug-likeness (QED) is 0.303. The van der Waals surface area contributed by atoms with Crippen molar-refractivity contribution in [2.75, 3.05) is 0 Å². The van der Waals surface area contributed by atoms with Crippen LogP contribution in [0.3, 0.4) is 0 Å². The van der Waals surface area contributed by atoms with Gasteiger partial charge < -0.3 is 0 Å². The molecular formula is C16H29. The lowest BCUT2D eigenvalue weighted by Crippen LogP contribution is -1.77. The highest BCUT2D eigenvalue weighted by atomic mass is 13.9. The van der Waals surface area contributed by atoms with Crippen LogP contribution in [0.1, 0.15) is 71.1 Å². The maximum atomic E-state index is 3.82. The Labute approximate surface area is 103 Å². The molecule has 0 amide bonds. The van der Waals surface area contributed by atoms with Gasteiger partial charge in [0.15, 0.2) is 0 Å². The van der Waals surface area contributed by atoms with Gasteiger partial charge in [0, 0.05) is 0 Å². The summed E-state index contributed by atoms with van der Waals surface area (Å²) in [5, 5.41) is 0. The topological polar surface area (TPSA) is 0 Å². The molecule has 93 valence electrons. The first-order valence-corrected chi connectivity index (χ1v) is 7.02. The summed E-state index contributed by atoms with van der Waals surface area (Å²) in [5.74, 6) is 0. The van der Waals surface area contributed by atoms with Crippen molar-refractivity contribution in [3.05, 3.63) is 31.2 Å². The predicted molar refractivity (Wildman–Crippen MR) is 75.5 cm³/mol. The minimum Gasteiger partial charge on any atom is -0.0845 e. The summed E-state index contributed by atoms with van der Waals surface area (Å²) in [5.41, 5.74) is 0. The Morgan fingerprint density at radius 2 is 1.31 bits per heavy atom. The lowest BCUT2D eigenvalue weighted by molar-refractivity contribution is 0.611. The Morgan fingerprint density at radius 3 is 1.94 bits per heavy atom. The molecule has 0 bridgehead atoms. The number of hydrogen-bond acceptors (Lipinski definition) is 0. The van der Waals surface area contributed by atoms with E-state index in [1.165, 1.54) is 57.8 Å². The molecule has 0 rings (SSSR count). The first-order chi connectivity index (χ1) is 7.91. The number of rotatable bonds is 11. The third kappa shape index (κ3) is 13.5. The Bertz CT molecular complexity index is 165. The van der Waals surface area contributed by atoms with Gasteiger partial charge in [-0.1, -0.05) is 76.7 Å². The van der Waals surface area contributed by atoms with E-state index in [0.29, 0.717) is 0 Å². The van der Waals surface area contributed by atoms with Crippen molar-refractivity contribution in [1.29, 1.82) is 0 Å². The molecule has 0 aliphatic carbocycles. The Balaban J connectivity index is 3.12. The minimum atomic E-state index is 1.05. The van der Waals surface area contributed by atoms with Crippen LogP contribution in [0.25, 0.3) is 0 Å². The van der Waals surface area contributed by atoms with E-state index >= 15 is 0 Å². The van der Waals surface area contributed by atoms with Crippen molar-refractivity contribution >= 4 is 0 Å². The van der Waals surface area contributed by atoms with E-state index in [4.69, 9.17) is 0 Å². The van der Waals surface area contributed by atoms with E-state index in [9.17, 15) is 0 Å². The zero-order valence-corrected chi connectivity index (χ0v) is 11.1. The summed E-state index contributed by atoms with van der Waals surface area (Å²) in [4.78, 5) is 0. The molecular weight excluding hydrogens is 192 g/mol. The van der Waals surface area contributed by atoms with E-state index in [-0.39, 0.29) is 0 Å². The van der Waals surface area contributed by atoms with E-state index in [1.54, 1.807) is 0 Å². The average Bonchev–Trinajstić information content (AvgIpc) is 2.31. The second-order valence-electron chi connectivity index (χ2n) is 4.41. The lowest BCUT2D eigenvalue weighted by Gasteiger charge is -1.97. The van der Waals surface area contributed by atoms with Crippen LogP contribution in [0.15, 0.2) is 24.3 Å². The maximum absolute atomic E-state index is 3.82. The molecule has 0 heteroatoms. The minimum absolute atomic E-state index is 1.05. The normalized spacial score (nSPS) is 11.9. The highest BCUT2D eigenvalue weighted by molar-refractivity contribution is 5.02. The van der Waals surface area contributed by atoms with Gasteiger partial charge in [-0.05, 0) is 25.7 Å². The van der Waals surface area contributed by atoms with Crippen LogP contribution in [-0.2, 0) is 0 Å². The Kier molecular flexibility index (Phi) is 14.0. The third-order valence-corrected chi connectivity index (χ3v) is 2.73. The van der Waals surface area contributed by atoms with E-state index < -0.39 is 0 Å². The van der Waals surface area contributed by atoms with Crippen LogP contribution in [-0.4, -0.2) is 0 Å². The highest BCUT2D eigenvalue weighted by Crippen LogP contribution is 2.07. The summed E-state index contributed by atoms with van der Waals surface area (Å²) >= 11 is 0. The van der Waals surface area contributed by atoms with E-state index in [1.807, 2.05) is 0 Å². The summed E-state index contributed by atoms with van der Waals surface area (Å²) in [6.45, 7) is 6.09. The van der Waals surface area contributed by atoms with Crippen molar-refractivity contribution in [1.82, 2.24) is 0 Å². The largest absolute Gasteiger partial charge is 0.0845 e. The van der Waals surface area contributed by atoms with Gasteiger partial charge in [0.2, 0.25) is 0 Å². The fraction of sp³-hybridized carbons (Fsp3) is 0.688. The second kappa shape index (κ2) is 14.5. The first-order valence-electron chi connectivity index (χ1n) is 7.02. The molecule has 0 aliphatic rings. The molecule has 0 aromatic rings. The molecule has 0 fully saturated rings. The van der Waals surface area contributed by atoms with Crippen LogP contribution >= 0.6 is 0 Å². The molecule has 0 aliphatic heterocycles. The maximum Gasteiger partial charge on any atom is -0.0348 e. The molecule has 0 saturated heterocycles. The van der Waals surface area contributed by atoms with E-state index in [2.05, 4.69) is 38.2 Å². The number of hydrogen-bond donors (Lipinski definition) is 0. The monoisotopic (exact) mass is 221 g/mol. The molecule has 0 atom stereocenters. The molecule has 0 aromatic heterocycles. The van der Waals surface area contributed by atoms with Crippen molar-refractivity contribution in [2.45, 2.75) is 71.1 Å². The number of allylic oxidation sites excluding steroid dienone is 4. The van der Waals surface area contributed by atoms with Crippen molar-refractivity contribution in [3.63, 3.8) is 0 Å². The SMILES string of the molecule is [CH2]CCCC=CC=CCCCCCCCC. The summed E-state index contributed by atoms with van der Waals surface area (Å²) in [6, 6.07) is 0. The predicted octanol–water partition coefficient (Wildman–Crippen LogP) is 5.85. The van der Waals surface area contributed by atoms with Gasteiger partial charge in [0.1, 0.15) is 0 Å². The zero-order valence-electron chi connectivity index (χ0n) is 11.1. The van der Waals surface area contributed by atoms with Gasteiger partial charge in [-0.15, -0.1) is 0 Å². The van der Waals surface area contributed by atoms with Crippen LogP contribution in [0, 0.1) is 6.92 Å². The smallest absolute Gasteiger partial charge is 0.0348 e. The fourth-order valence-corrected chi connectivity index (χ4v) is 1.65. The van der Waals surface area contributed by atoms with Gasteiger partial charge >= 0.3 is 0 Å². The summed E-state index contributed by atoms with van der Waals surface area (Å²) in [6.07, 6.45) is 21.9. The molecule has 0 N–H and O–H groups in total. The molecule has 0 nitrogen and oxygen atoms in total. The van der Waals surface area contributed by atoms with Crippen LogP contribution in [0.4, 0.5) is 0 Å². The molecule has 16 heavy (non-hydrogen) atoms. The first kappa shape index (κ1) is 15.5. The molecule has 0 heterocycles. The Hall–Kier alpha value is -0.520. The van der Waals surface area contributed by atoms with Crippen LogP contribution in [0.2, 0.25) is 0 Å². The Morgan fingerprint density at radius 1 is 0.750 bits per heavy atom. The van der Waals surface area contributed by atoms with E-state index in [0.717, 1.165) is 6.42 Å². The molecule has 0 unspecified atom stereocenters. The van der Waals surface area contributed by atoms with Crippen molar-refractivity contribution < 1.29 is 0 Å². The zero-order chi connectivity index (χ0) is 11.9. The van der Waals surface area contributed by atoms with Gasteiger partial charge in [-0.3, -0.25) is 0 Å². The van der Waals surface area contributed by atoms with Gasteiger partial charge in [0.05, 0.1) is 0 Å². The van der Waals surface area contributed by atoms with Gasteiger partial charge in [0.25, 0.3) is 0 Å². The molecule has 0 saturated carbocycles. The summed E-state index contributed by atoms with van der Waals surface area (Å²) < 4.78 is 0. The van der Waals surface area contributed by atoms with Crippen LogP contribution in [0.5, 0.6) is 0 Å². The highest BCUT2D eigenvalue weighted by Gasteiger charge is 1.87. The molecule has 0 spiro atoms. The second-order valence-corrected chi connectivity index (χ2v) is 4.41. The molecule has 1 radical (unpaired) electrons. The van der Waals surface area contributed by atoms with Gasteiger partial charge in [-0.2, -0.15) is 0 Å². The fourth-order valence-electron chi connectivity index (χ4n) is 1.65. The van der Waals surface area contributed by atoms with Crippen molar-refractivity contribution in [3.8, 4) is 0 Å². The molecule has 0 aromatic carbocycles.